The lowest BCUT2D eigenvalue weighted by molar-refractivity contribution is 0.131. The van der Waals surface area contributed by atoms with Crippen LogP contribution in [0.1, 0.15) is 47.0 Å². The highest BCUT2D eigenvalue weighted by Crippen LogP contribution is 2.32. The van der Waals surface area contributed by atoms with E-state index in [4.69, 9.17) is 14.5 Å². The van der Waals surface area contributed by atoms with Crippen LogP contribution in [0.2, 0.25) is 0 Å². The summed E-state index contributed by atoms with van der Waals surface area (Å²) in [6, 6.07) is -0.0471. The van der Waals surface area contributed by atoms with Crippen LogP contribution < -0.4 is 16.0 Å². The molecule has 1 saturated heterocycles. The first-order chi connectivity index (χ1) is 12.9. The first-order valence-corrected chi connectivity index (χ1v) is 10.1. The first kappa shape index (κ1) is 23.5. The van der Waals surface area contributed by atoms with Crippen LogP contribution in [0.4, 0.5) is 4.79 Å². The Bertz CT molecular complexity index is 451. The fraction of sp³-hybridized carbons (Fsp3) is 0.895. The van der Waals surface area contributed by atoms with E-state index >= 15 is 0 Å². The summed E-state index contributed by atoms with van der Waals surface area (Å²) >= 11 is 0. The number of aliphatic imine (C=N–C) groups is 1. The molecule has 8 heteroatoms. The van der Waals surface area contributed by atoms with Gasteiger partial charge in [-0.25, -0.2) is 4.79 Å². The van der Waals surface area contributed by atoms with E-state index < -0.39 is 6.09 Å². The van der Waals surface area contributed by atoms with Crippen LogP contribution in [-0.4, -0.2) is 69.3 Å². The number of guanidine groups is 1. The summed E-state index contributed by atoms with van der Waals surface area (Å²) in [4.78, 5) is 16.5. The molecule has 8 nitrogen and oxygen atoms in total. The monoisotopic (exact) mass is 386 g/mol. The summed E-state index contributed by atoms with van der Waals surface area (Å²) in [6.07, 6.45) is 2.05. The van der Waals surface area contributed by atoms with Gasteiger partial charge in [-0.15, -0.1) is 0 Å². The van der Waals surface area contributed by atoms with Gasteiger partial charge in [0.2, 0.25) is 0 Å². The number of nitrogens with one attached hydrogen (secondary N) is 3. The molecule has 0 aromatic heterocycles. The van der Waals surface area contributed by atoms with E-state index in [1.165, 1.54) is 0 Å². The molecule has 0 spiro atoms. The third kappa shape index (κ3) is 9.28. The van der Waals surface area contributed by atoms with Crippen LogP contribution >= 0.6 is 0 Å². The minimum Gasteiger partial charge on any atom is -0.450 e. The van der Waals surface area contributed by atoms with Crippen LogP contribution in [0.25, 0.3) is 0 Å². The molecule has 4 N–H and O–H groups in total. The average molecular weight is 387 g/mol. The Hall–Kier alpha value is -1.54. The standard InChI is InChI=1S/C19H38N4O4/c1-5-20-17(22-13-19(7-9-24)8-10-26-14-19)21-12-16(11-15(3)4)23-18(25)27-6-2/h15-16,24H,5-14H2,1-4H3,(H,23,25)(H2,20,21,22). The lowest BCUT2D eigenvalue weighted by Crippen LogP contribution is -2.48. The van der Waals surface area contributed by atoms with Crippen LogP contribution in [0.3, 0.4) is 0 Å². The number of aliphatic hydroxyl groups is 1. The fourth-order valence-electron chi connectivity index (χ4n) is 3.20. The van der Waals surface area contributed by atoms with Gasteiger partial charge < -0.3 is 30.5 Å². The molecule has 0 radical (unpaired) electrons. The number of aliphatic hydroxyl groups excluding tert-OH is 1. The molecule has 0 aliphatic carbocycles. The zero-order valence-electron chi connectivity index (χ0n) is 17.3. The predicted molar refractivity (Wildman–Crippen MR) is 107 cm³/mol. The number of ether oxygens (including phenoxy) is 2. The van der Waals surface area contributed by atoms with Crippen molar-refractivity contribution in [1.29, 1.82) is 0 Å². The fourth-order valence-corrected chi connectivity index (χ4v) is 3.20. The van der Waals surface area contributed by atoms with Crippen molar-refractivity contribution in [1.82, 2.24) is 16.0 Å². The zero-order valence-corrected chi connectivity index (χ0v) is 17.3. The van der Waals surface area contributed by atoms with Gasteiger partial charge in [0.1, 0.15) is 0 Å². The summed E-state index contributed by atoms with van der Waals surface area (Å²) < 4.78 is 10.5. The summed E-state index contributed by atoms with van der Waals surface area (Å²) in [6.45, 7) is 11.8. The number of carbonyl (C=O) groups is 1. The number of alkyl carbamates (subject to hydrolysis) is 1. The van der Waals surface area contributed by atoms with E-state index in [1.807, 2.05) is 6.92 Å². The predicted octanol–water partition coefficient (Wildman–Crippen LogP) is 1.49. The van der Waals surface area contributed by atoms with Gasteiger partial charge in [0.05, 0.1) is 19.8 Å². The highest BCUT2D eigenvalue weighted by molar-refractivity contribution is 5.79. The molecular weight excluding hydrogens is 348 g/mol. The van der Waals surface area contributed by atoms with Crippen LogP contribution in [0, 0.1) is 11.3 Å². The molecule has 1 rings (SSSR count). The van der Waals surface area contributed by atoms with Crippen LogP contribution in [0.5, 0.6) is 0 Å². The maximum absolute atomic E-state index is 11.8. The second kappa shape index (κ2) is 12.8. The topological polar surface area (TPSA) is 104 Å². The Labute approximate surface area is 163 Å². The molecule has 158 valence electrons. The van der Waals surface area contributed by atoms with Crippen molar-refractivity contribution in [3.05, 3.63) is 0 Å². The summed E-state index contributed by atoms with van der Waals surface area (Å²) in [5, 5.41) is 18.8. The van der Waals surface area contributed by atoms with E-state index in [-0.39, 0.29) is 18.1 Å². The molecule has 1 fully saturated rings. The molecule has 1 heterocycles. The molecule has 1 amide bonds. The van der Waals surface area contributed by atoms with Gasteiger partial charge in [-0.05, 0) is 39.0 Å². The number of hydrogen-bond acceptors (Lipinski definition) is 5. The van der Waals surface area contributed by atoms with E-state index in [2.05, 4.69) is 29.8 Å². The van der Waals surface area contributed by atoms with Gasteiger partial charge in [-0.3, -0.25) is 4.99 Å². The second-order valence-corrected chi connectivity index (χ2v) is 7.54. The van der Waals surface area contributed by atoms with Crippen molar-refractivity contribution in [2.45, 2.75) is 53.0 Å². The highest BCUT2D eigenvalue weighted by Gasteiger charge is 2.34. The summed E-state index contributed by atoms with van der Waals surface area (Å²) in [7, 11) is 0. The van der Waals surface area contributed by atoms with Gasteiger partial charge in [0.25, 0.3) is 0 Å². The largest absolute Gasteiger partial charge is 0.450 e. The Balaban J connectivity index is 2.67. The second-order valence-electron chi connectivity index (χ2n) is 7.54. The van der Waals surface area contributed by atoms with Crippen molar-refractivity contribution in [3.8, 4) is 0 Å². The number of hydrogen-bond donors (Lipinski definition) is 4. The highest BCUT2D eigenvalue weighted by atomic mass is 16.5. The molecule has 1 aliphatic heterocycles. The maximum Gasteiger partial charge on any atom is 0.407 e. The van der Waals surface area contributed by atoms with Crippen molar-refractivity contribution in [2.24, 2.45) is 16.3 Å². The number of nitrogens with zero attached hydrogens (tertiary/aromatic N) is 1. The van der Waals surface area contributed by atoms with Gasteiger partial charge >= 0.3 is 6.09 Å². The number of rotatable bonds is 11. The van der Waals surface area contributed by atoms with E-state index in [0.717, 1.165) is 26.0 Å². The Morgan fingerprint density at radius 1 is 1.33 bits per heavy atom. The quantitative estimate of drug-likeness (QED) is 0.317. The van der Waals surface area contributed by atoms with Crippen molar-refractivity contribution < 1.29 is 19.4 Å². The molecule has 2 unspecified atom stereocenters. The third-order valence-corrected chi connectivity index (χ3v) is 4.61. The SMILES string of the molecule is CCNC(=NCC1(CCO)CCOC1)NCC(CC(C)C)NC(=O)OCC. The van der Waals surface area contributed by atoms with Crippen molar-refractivity contribution in [3.63, 3.8) is 0 Å². The molecule has 0 aromatic rings. The lowest BCUT2D eigenvalue weighted by Gasteiger charge is -2.25. The molecule has 0 aromatic carbocycles. The maximum atomic E-state index is 11.8. The van der Waals surface area contributed by atoms with E-state index in [9.17, 15) is 9.90 Å². The molecule has 27 heavy (non-hydrogen) atoms. The van der Waals surface area contributed by atoms with E-state index in [1.54, 1.807) is 6.92 Å². The number of amides is 1. The minimum absolute atomic E-state index is 0.0471. The summed E-state index contributed by atoms with van der Waals surface area (Å²) in [5.41, 5.74) is -0.0857. The van der Waals surface area contributed by atoms with Gasteiger partial charge in [0.15, 0.2) is 5.96 Å². The average Bonchev–Trinajstić information content (AvgIpc) is 3.06. The van der Waals surface area contributed by atoms with Crippen LogP contribution in [-0.2, 0) is 9.47 Å². The lowest BCUT2D eigenvalue weighted by atomic mass is 9.84. The Kier molecular flexibility index (Phi) is 11.1. The normalized spacial score (nSPS) is 21.2. The van der Waals surface area contributed by atoms with Crippen molar-refractivity contribution in [2.75, 3.05) is 46.1 Å². The molecule has 1 aliphatic rings. The van der Waals surface area contributed by atoms with Gasteiger partial charge in [0, 0.05) is 37.8 Å². The van der Waals surface area contributed by atoms with Gasteiger partial charge in [-0.1, -0.05) is 13.8 Å². The Morgan fingerprint density at radius 3 is 2.67 bits per heavy atom. The first-order valence-electron chi connectivity index (χ1n) is 10.1. The Morgan fingerprint density at radius 2 is 2.11 bits per heavy atom. The van der Waals surface area contributed by atoms with Gasteiger partial charge in [-0.2, -0.15) is 0 Å². The smallest absolute Gasteiger partial charge is 0.407 e. The zero-order chi connectivity index (χ0) is 20.1. The molecular formula is C19H38N4O4. The third-order valence-electron chi connectivity index (χ3n) is 4.61. The number of carbonyl (C=O) groups excluding carboxylic acids is 1. The van der Waals surface area contributed by atoms with E-state index in [0.29, 0.717) is 44.6 Å². The molecule has 0 saturated carbocycles. The molecule has 2 atom stereocenters. The summed E-state index contributed by atoms with van der Waals surface area (Å²) in [5.74, 6) is 1.16. The molecule has 0 bridgehead atoms. The van der Waals surface area contributed by atoms with Crippen LogP contribution in [0.15, 0.2) is 4.99 Å². The van der Waals surface area contributed by atoms with Crippen molar-refractivity contribution >= 4 is 12.1 Å². The minimum atomic E-state index is -0.392.